The molecule has 100 valence electrons. The van der Waals surface area contributed by atoms with Gasteiger partial charge in [-0.25, -0.2) is 4.98 Å². The molecule has 1 aromatic heterocycles. The number of rotatable bonds is 7. The van der Waals surface area contributed by atoms with Crippen molar-refractivity contribution in [1.29, 1.82) is 0 Å². The van der Waals surface area contributed by atoms with Crippen LogP contribution in [0, 0.1) is 5.92 Å². The molecule has 1 aliphatic rings. The second-order valence-electron chi connectivity index (χ2n) is 4.95. The van der Waals surface area contributed by atoms with Crippen molar-refractivity contribution in [3.63, 3.8) is 0 Å². The molecule has 2 aromatic rings. The molecule has 4 heteroatoms. The highest BCUT2D eigenvalue weighted by Gasteiger charge is 2.22. The molecule has 0 spiro atoms. The first-order valence-electron chi connectivity index (χ1n) is 6.70. The fourth-order valence-corrected chi connectivity index (χ4v) is 1.93. The summed E-state index contributed by atoms with van der Waals surface area (Å²) in [4.78, 5) is 4.08. The number of oxazole rings is 1. The molecule has 0 radical (unpaired) electrons. The predicted molar refractivity (Wildman–Crippen MR) is 71.7 cm³/mol. The first kappa shape index (κ1) is 12.2. The summed E-state index contributed by atoms with van der Waals surface area (Å²) in [6.45, 7) is 2.32. The summed E-state index contributed by atoms with van der Waals surface area (Å²) in [7, 11) is 0. The summed E-state index contributed by atoms with van der Waals surface area (Å²) in [6, 6.07) is 8.19. The number of nitrogens with one attached hydrogen (secondary N) is 1. The van der Waals surface area contributed by atoms with Crippen LogP contribution >= 0.6 is 0 Å². The predicted octanol–water partition coefficient (Wildman–Crippen LogP) is 2.75. The average molecular weight is 258 g/mol. The fraction of sp³-hybridized carbons (Fsp3) is 0.400. The van der Waals surface area contributed by atoms with Crippen LogP contribution in [0.1, 0.15) is 24.1 Å². The number of benzene rings is 1. The van der Waals surface area contributed by atoms with Crippen molar-refractivity contribution in [1.82, 2.24) is 10.3 Å². The van der Waals surface area contributed by atoms with Gasteiger partial charge in [0.2, 0.25) is 0 Å². The van der Waals surface area contributed by atoms with Gasteiger partial charge in [0, 0.05) is 18.7 Å². The van der Waals surface area contributed by atoms with Crippen LogP contribution in [0.15, 0.2) is 41.3 Å². The molecule has 1 N–H and O–H groups in total. The lowest BCUT2D eigenvalue weighted by Gasteiger charge is -2.11. The van der Waals surface area contributed by atoms with Crippen molar-refractivity contribution in [2.24, 2.45) is 5.92 Å². The Balaban J connectivity index is 1.53. The number of aromatic nitrogens is 1. The van der Waals surface area contributed by atoms with Crippen LogP contribution in [0.2, 0.25) is 0 Å². The molecule has 3 rings (SSSR count). The van der Waals surface area contributed by atoms with Gasteiger partial charge in [-0.05, 0) is 24.8 Å². The molecule has 19 heavy (non-hydrogen) atoms. The molecule has 4 nitrogen and oxygen atoms in total. The largest absolute Gasteiger partial charge is 0.493 e. The third-order valence-electron chi connectivity index (χ3n) is 3.25. The fourth-order valence-electron chi connectivity index (χ4n) is 1.93. The molecular formula is C15H18N2O2. The maximum absolute atomic E-state index is 5.87. The van der Waals surface area contributed by atoms with Gasteiger partial charge in [-0.3, -0.25) is 0 Å². The number of nitrogens with zero attached hydrogens (tertiary/aromatic N) is 1. The van der Waals surface area contributed by atoms with Gasteiger partial charge in [0.25, 0.3) is 0 Å². The van der Waals surface area contributed by atoms with Gasteiger partial charge in [0.1, 0.15) is 12.0 Å². The zero-order valence-electron chi connectivity index (χ0n) is 10.8. The first-order valence-corrected chi connectivity index (χ1v) is 6.70. The molecular weight excluding hydrogens is 240 g/mol. The van der Waals surface area contributed by atoms with Crippen molar-refractivity contribution >= 4 is 0 Å². The van der Waals surface area contributed by atoms with Gasteiger partial charge in [-0.1, -0.05) is 18.2 Å². The van der Waals surface area contributed by atoms with Gasteiger partial charge in [0.15, 0.2) is 6.39 Å². The smallest absolute Gasteiger partial charge is 0.180 e. The standard InChI is InChI=1S/C15H18N2O2/c1-2-4-15(19-9-12-5-6-12)13(3-1)7-16-8-14-10-18-11-17-14/h1-4,10-12,16H,5-9H2. The van der Waals surface area contributed by atoms with Crippen LogP contribution in [-0.2, 0) is 13.1 Å². The van der Waals surface area contributed by atoms with Crippen molar-refractivity contribution < 1.29 is 9.15 Å². The first-order chi connectivity index (χ1) is 9.42. The Morgan fingerprint density at radius 1 is 1.26 bits per heavy atom. The lowest BCUT2D eigenvalue weighted by molar-refractivity contribution is 0.296. The molecule has 0 saturated heterocycles. The molecule has 0 unspecified atom stereocenters. The van der Waals surface area contributed by atoms with Gasteiger partial charge in [-0.15, -0.1) is 0 Å². The van der Waals surface area contributed by atoms with Crippen molar-refractivity contribution in [3.8, 4) is 5.75 Å². The van der Waals surface area contributed by atoms with Crippen LogP contribution in [0.25, 0.3) is 0 Å². The second-order valence-corrected chi connectivity index (χ2v) is 4.95. The monoisotopic (exact) mass is 258 g/mol. The van der Waals surface area contributed by atoms with Crippen LogP contribution < -0.4 is 10.1 Å². The molecule has 0 bridgehead atoms. The van der Waals surface area contributed by atoms with Crippen molar-refractivity contribution in [2.75, 3.05) is 6.61 Å². The molecule has 1 aromatic carbocycles. The maximum Gasteiger partial charge on any atom is 0.180 e. The highest BCUT2D eigenvalue weighted by atomic mass is 16.5. The SMILES string of the molecule is c1ccc(OCC2CC2)c(CNCc2cocn2)c1. The normalized spacial score (nSPS) is 14.5. The average Bonchev–Trinajstić information content (AvgIpc) is 3.13. The molecule has 1 fully saturated rings. The molecule has 1 saturated carbocycles. The second kappa shape index (κ2) is 5.89. The highest BCUT2D eigenvalue weighted by molar-refractivity contribution is 5.33. The lowest BCUT2D eigenvalue weighted by Crippen LogP contribution is -2.14. The van der Waals surface area contributed by atoms with E-state index in [1.165, 1.54) is 24.8 Å². The summed E-state index contributed by atoms with van der Waals surface area (Å²) in [5, 5.41) is 3.35. The Kier molecular flexibility index (Phi) is 3.79. The summed E-state index contributed by atoms with van der Waals surface area (Å²) in [5.74, 6) is 1.76. The molecule has 0 aliphatic heterocycles. The van der Waals surface area contributed by atoms with E-state index in [0.29, 0.717) is 6.54 Å². The highest BCUT2D eigenvalue weighted by Crippen LogP contribution is 2.30. The minimum Gasteiger partial charge on any atom is -0.493 e. The summed E-state index contributed by atoms with van der Waals surface area (Å²) in [6.07, 6.45) is 5.73. The van der Waals surface area contributed by atoms with Gasteiger partial charge < -0.3 is 14.5 Å². The summed E-state index contributed by atoms with van der Waals surface area (Å²) in [5.41, 5.74) is 2.10. The molecule has 1 heterocycles. The van der Waals surface area contributed by atoms with E-state index in [9.17, 15) is 0 Å². The minimum absolute atomic E-state index is 0.702. The molecule has 0 amide bonds. The third-order valence-corrected chi connectivity index (χ3v) is 3.25. The summed E-state index contributed by atoms with van der Waals surface area (Å²) >= 11 is 0. The zero-order chi connectivity index (χ0) is 12.9. The van der Waals surface area contributed by atoms with Crippen LogP contribution in [0.4, 0.5) is 0 Å². The van der Waals surface area contributed by atoms with E-state index < -0.39 is 0 Å². The molecule has 0 atom stereocenters. The number of hydrogen-bond acceptors (Lipinski definition) is 4. The van der Waals surface area contributed by atoms with Gasteiger partial charge >= 0.3 is 0 Å². The Labute approximate surface area is 112 Å². The van der Waals surface area contributed by atoms with Crippen LogP contribution in [0.5, 0.6) is 5.75 Å². The van der Waals surface area contributed by atoms with Gasteiger partial charge in [0.05, 0.1) is 12.3 Å². The number of para-hydroxylation sites is 1. The van der Waals surface area contributed by atoms with E-state index in [1.54, 1.807) is 6.26 Å². The van der Waals surface area contributed by atoms with Crippen molar-refractivity contribution in [2.45, 2.75) is 25.9 Å². The Hall–Kier alpha value is -1.81. The Morgan fingerprint density at radius 3 is 2.95 bits per heavy atom. The third kappa shape index (κ3) is 3.58. The molecule has 1 aliphatic carbocycles. The zero-order valence-corrected chi connectivity index (χ0v) is 10.8. The topological polar surface area (TPSA) is 47.3 Å². The Bertz CT molecular complexity index is 507. The summed E-state index contributed by atoms with van der Waals surface area (Å²) < 4.78 is 10.8. The lowest BCUT2D eigenvalue weighted by atomic mass is 10.2. The van der Waals surface area contributed by atoms with Crippen LogP contribution in [0.3, 0.4) is 0 Å². The Morgan fingerprint density at radius 2 is 2.16 bits per heavy atom. The number of hydrogen-bond donors (Lipinski definition) is 1. The van der Waals surface area contributed by atoms with E-state index in [0.717, 1.165) is 30.5 Å². The van der Waals surface area contributed by atoms with Crippen LogP contribution in [-0.4, -0.2) is 11.6 Å². The van der Waals surface area contributed by atoms with E-state index >= 15 is 0 Å². The van der Waals surface area contributed by atoms with E-state index in [2.05, 4.69) is 16.4 Å². The van der Waals surface area contributed by atoms with E-state index in [-0.39, 0.29) is 0 Å². The van der Waals surface area contributed by atoms with Gasteiger partial charge in [-0.2, -0.15) is 0 Å². The van der Waals surface area contributed by atoms with E-state index in [1.807, 2.05) is 18.2 Å². The quantitative estimate of drug-likeness (QED) is 0.829. The van der Waals surface area contributed by atoms with E-state index in [4.69, 9.17) is 9.15 Å². The maximum atomic E-state index is 5.87. The minimum atomic E-state index is 0.702. The van der Waals surface area contributed by atoms with Crippen molar-refractivity contribution in [3.05, 3.63) is 48.2 Å². The number of ether oxygens (including phenoxy) is 1.